The minimum Gasteiger partial charge on any atom is -0.462 e. The Bertz CT molecular complexity index is 575. The standard InChI is InChI=1S/C15H18N2O3/c1-3-14(18)11-5-7-13(8-6-11)17-10-12(9-16-17)15(19)20-4-2/h5-10,14,18H,3-4H2,1-2H3/t14-/m1/s1. The van der Waals surface area contributed by atoms with E-state index in [9.17, 15) is 9.90 Å². The van der Waals surface area contributed by atoms with Gasteiger partial charge < -0.3 is 9.84 Å². The van der Waals surface area contributed by atoms with Gasteiger partial charge in [-0.1, -0.05) is 19.1 Å². The third-order valence-electron chi connectivity index (χ3n) is 3.02. The van der Waals surface area contributed by atoms with Crippen molar-refractivity contribution >= 4 is 5.97 Å². The second-order valence-electron chi connectivity index (χ2n) is 4.41. The zero-order valence-electron chi connectivity index (χ0n) is 11.6. The maximum Gasteiger partial charge on any atom is 0.341 e. The molecule has 0 aliphatic carbocycles. The number of ether oxygens (including phenoxy) is 1. The van der Waals surface area contributed by atoms with Crippen LogP contribution in [0.4, 0.5) is 0 Å². The normalized spacial score (nSPS) is 12.2. The van der Waals surface area contributed by atoms with Crippen LogP contribution in [0.25, 0.3) is 5.69 Å². The molecule has 5 heteroatoms. The third-order valence-corrected chi connectivity index (χ3v) is 3.02. The highest BCUT2D eigenvalue weighted by Crippen LogP contribution is 2.18. The van der Waals surface area contributed by atoms with Gasteiger partial charge in [-0.25, -0.2) is 9.48 Å². The summed E-state index contributed by atoms with van der Waals surface area (Å²) in [5.74, 6) is -0.378. The monoisotopic (exact) mass is 274 g/mol. The van der Waals surface area contributed by atoms with Crippen molar-refractivity contribution in [1.82, 2.24) is 9.78 Å². The lowest BCUT2D eigenvalue weighted by molar-refractivity contribution is 0.0526. The van der Waals surface area contributed by atoms with Gasteiger partial charge in [0.15, 0.2) is 0 Å². The van der Waals surface area contributed by atoms with Gasteiger partial charge in [-0.15, -0.1) is 0 Å². The van der Waals surface area contributed by atoms with Crippen LogP contribution in [0.1, 0.15) is 42.3 Å². The van der Waals surface area contributed by atoms with Crippen LogP contribution in [-0.2, 0) is 4.74 Å². The Labute approximate surface area is 117 Å². The fourth-order valence-electron chi connectivity index (χ4n) is 1.87. The van der Waals surface area contributed by atoms with E-state index in [2.05, 4.69) is 5.10 Å². The Hall–Kier alpha value is -2.14. The summed E-state index contributed by atoms with van der Waals surface area (Å²) in [4.78, 5) is 11.6. The van der Waals surface area contributed by atoms with Crippen molar-refractivity contribution in [3.8, 4) is 5.69 Å². The van der Waals surface area contributed by atoms with E-state index in [1.54, 1.807) is 17.8 Å². The third kappa shape index (κ3) is 3.05. The van der Waals surface area contributed by atoms with Gasteiger partial charge in [0.1, 0.15) is 0 Å². The highest BCUT2D eigenvalue weighted by Gasteiger charge is 2.10. The summed E-state index contributed by atoms with van der Waals surface area (Å²) in [5.41, 5.74) is 2.12. The number of esters is 1. The number of rotatable bonds is 5. The predicted octanol–water partition coefficient (Wildman–Crippen LogP) is 2.49. The summed E-state index contributed by atoms with van der Waals surface area (Å²) in [6, 6.07) is 7.43. The Kier molecular flexibility index (Phi) is 4.53. The summed E-state index contributed by atoms with van der Waals surface area (Å²) in [5, 5.41) is 13.9. The molecule has 1 aromatic carbocycles. The van der Waals surface area contributed by atoms with Gasteiger partial charge >= 0.3 is 5.97 Å². The van der Waals surface area contributed by atoms with E-state index in [1.807, 2.05) is 31.2 Å². The number of aliphatic hydroxyl groups is 1. The van der Waals surface area contributed by atoms with Crippen LogP contribution in [0, 0.1) is 0 Å². The lowest BCUT2D eigenvalue weighted by atomic mass is 10.1. The zero-order chi connectivity index (χ0) is 14.5. The number of carbonyl (C=O) groups excluding carboxylic acids is 1. The number of carbonyl (C=O) groups is 1. The second-order valence-corrected chi connectivity index (χ2v) is 4.41. The van der Waals surface area contributed by atoms with Crippen LogP contribution in [-0.4, -0.2) is 27.5 Å². The van der Waals surface area contributed by atoms with Gasteiger partial charge in [0.2, 0.25) is 0 Å². The number of benzene rings is 1. The molecule has 0 aliphatic rings. The van der Waals surface area contributed by atoms with Gasteiger partial charge in [-0.05, 0) is 31.0 Å². The quantitative estimate of drug-likeness (QED) is 0.851. The van der Waals surface area contributed by atoms with E-state index in [4.69, 9.17) is 4.74 Å². The average Bonchev–Trinajstić information content (AvgIpc) is 2.97. The van der Waals surface area contributed by atoms with E-state index < -0.39 is 6.10 Å². The van der Waals surface area contributed by atoms with E-state index in [0.29, 0.717) is 18.6 Å². The Morgan fingerprint density at radius 3 is 2.65 bits per heavy atom. The summed E-state index contributed by atoms with van der Waals surface area (Å²) in [6.07, 6.45) is 3.33. The number of nitrogens with zero attached hydrogens (tertiary/aromatic N) is 2. The molecule has 0 spiro atoms. The molecule has 1 N–H and O–H groups in total. The van der Waals surface area contributed by atoms with Crippen LogP contribution in [0.5, 0.6) is 0 Å². The Balaban J connectivity index is 2.18. The van der Waals surface area contributed by atoms with E-state index in [-0.39, 0.29) is 5.97 Å². The number of hydrogen-bond donors (Lipinski definition) is 1. The molecule has 0 saturated heterocycles. The second kappa shape index (κ2) is 6.34. The van der Waals surface area contributed by atoms with Gasteiger partial charge in [-0.2, -0.15) is 5.10 Å². The molecule has 2 aromatic rings. The first-order valence-corrected chi connectivity index (χ1v) is 6.65. The van der Waals surface area contributed by atoms with E-state index in [1.165, 1.54) is 6.20 Å². The van der Waals surface area contributed by atoms with Crippen molar-refractivity contribution in [3.05, 3.63) is 47.8 Å². The summed E-state index contributed by atoms with van der Waals surface area (Å²) < 4.78 is 6.52. The van der Waals surface area contributed by atoms with E-state index in [0.717, 1.165) is 11.3 Å². The average molecular weight is 274 g/mol. The molecular formula is C15H18N2O3. The smallest absolute Gasteiger partial charge is 0.341 e. The molecule has 20 heavy (non-hydrogen) atoms. The SMILES string of the molecule is CCOC(=O)c1cnn(-c2ccc([C@H](O)CC)cc2)c1. The lowest BCUT2D eigenvalue weighted by Crippen LogP contribution is -2.03. The fraction of sp³-hybridized carbons (Fsp3) is 0.333. The molecule has 0 aliphatic heterocycles. The number of aliphatic hydroxyl groups excluding tert-OH is 1. The van der Waals surface area contributed by atoms with Crippen LogP contribution in [0.2, 0.25) is 0 Å². The van der Waals surface area contributed by atoms with Gasteiger partial charge in [0.05, 0.1) is 30.2 Å². The largest absolute Gasteiger partial charge is 0.462 e. The molecule has 1 aromatic heterocycles. The number of hydrogen-bond acceptors (Lipinski definition) is 4. The van der Waals surface area contributed by atoms with Gasteiger partial charge in [0.25, 0.3) is 0 Å². The van der Waals surface area contributed by atoms with Gasteiger partial charge in [0, 0.05) is 6.20 Å². The summed E-state index contributed by atoms with van der Waals surface area (Å²) >= 11 is 0. The topological polar surface area (TPSA) is 64.3 Å². The first kappa shape index (κ1) is 14.3. The molecule has 1 heterocycles. The first-order valence-electron chi connectivity index (χ1n) is 6.65. The highest BCUT2D eigenvalue weighted by molar-refractivity contribution is 5.88. The minimum absolute atomic E-state index is 0.341. The molecule has 0 bridgehead atoms. The van der Waals surface area contributed by atoms with E-state index >= 15 is 0 Å². The molecule has 0 fully saturated rings. The number of aromatic nitrogens is 2. The fourth-order valence-corrected chi connectivity index (χ4v) is 1.87. The summed E-state index contributed by atoms with van der Waals surface area (Å²) in [7, 11) is 0. The van der Waals surface area contributed by atoms with Gasteiger partial charge in [-0.3, -0.25) is 0 Å². The van der Waals surface area contributed by atoms with Crippen molar-refractivity contribution in [1.29, 1.82) is 0 Å². The molecule has 2 rings (SSSR count). The maximum absolute atomic E-state index is 11.6. The molecule has 1 atom stereocenters. The van der Waals surface area contributed by atoms with Crippen LogP contribution in [0.3, 0.4) is 0 Å². The molecule has 106 valence electrons. The minimum atomic E-state index is -0.447. The first-order chi connectivity index (χ1) is 9.65. The molecule has 0 saturated carbocycles. The van der Waals surface area contributed by atoms with Crippen LogP contribution < -0.4 is 0 Å². The molecule has 5 nitrogen and oxygen atoms in total. The van der Waals surface area contributed by atoms with Crippen molar-refractivity contribution < 1.29 is 14.6 Å². The van der Waals surface area contributed by atoms with Crippen molar-refractivity contribution in [2.75, 3.05) is 6.61 Å². The molecule has 0 radical (unpaired) electrons. The van der Waals surface area contributed by atoms with Crippen molar-refractivity contribution in [3.63, 3.8) is 0 Å². The van der Waals surface area contributed by atoms with Crippen LogP contribution in [0.15, 0.2) is 36.7 Å². The lowest BCUT2D eigenvalue weighted by Gasteiger charge is -2.08. The Morgan fingerprint density at radius 1 is 1.35 bits per heavy atom. The maximum atomic E-state index is 11.6. The molecule has 0 unspecified atom stereocenters. The van der Waals surface area contributed by atoms with Crippen molar-refractivity contribution in [2.45, 2.75) is 26.4 Å². The molecular weight excluding hydrogens is 256 g/mol. The molecule has 0 amide bonds. The predicted molar refractivity (Wildman–Crippen MR) is 74.8 cm³/mol. The highest BCUT2D eigenvalue weighted by atomic mass is 16.5. The van der Waals surface area contributed by atoms with Crippen LogP contribution >= 0.6 is 0 Å². The Morgan fingerprint density at radius 2 is 2.05 bits per heavy atom. The summed E-state index contributed by atoms with van der Waals surface area (Å²) in [6.45, 7) is 4.03. The zero-order valence-corrected chi connectivity index (χ0v) is 11.6. The van der Waals surface area contributed by atoms with Crippen molar-refractivity contribution in [2.24, 2.45) is 0 Å².